The van der Waals surface area contributed by atoms with Gasteiger partial charge in [-0.2, -0.15) is 0 Å². The van der Waals surface area contributed by atoms with Crippen molar-refractivity contribution in [2.24, 2.45) is 0 Å². The molecular formula is C11H10N2O3S. The maximum absolute atomic E-state index is 11.4. The van der Waals surface area contributed by atoms with Crippen LogP contribution in [0.25, 0.3) is 0 Å². The van der Waals surface area contributed by atoms with E-state index in [0.717, 1.165) is 10.4 Å². The van der Waals surface area contributed by atoms with E-state index >= 15 is 0 Å². The molecule has 5 nitrogen and oxygen atoms in total. The predicted octanol–water partition coefficient (Wildman–Crippen LogP) is 0.144. The third-order valence-electron chi connectivity index (χ3n) is 2.22. The van der Waals surface area contributed by atoms with Crippen LogP contribution in [0, 0.1) is 11.8 Å². The molecule has 88 valence electrons. The van der Waals surface area contributed by atoms with Crippen LogP contribution in [0.1, 0.15) is 10.4 Å². The van der Waals surface area contributed by atoms with Crippen molar-refractivity contribution in [3.05, 3.63) is 21.9 Å². The lowest BCUT2D eigenvalue weighted by Crippen LogP contribution is -2.29. The topological polar surface area (TPSA) is 69.6 Å². The zero-order chi connectivity index (χ0) is 12.3. The number of hydrogen-bond donors (Lipinski definition) is 2. The minimum atomic E-state index is -0.355. The highest BCUT2D eigenvalue weighted by Gasteiger charge is 2.28. The number of rotatable bonds is 2. The number of thiophene rings is 1. The van der Waals surface area contributed by atoms with Crippen molar-refractivity contribution < 1.29 is 14.7 Å². The second kappa shape index (κ2) is 4.99. The standard InChI is InChI=1S/C11H10N2O3S/c14-3-1-2-8-4-9(17-7-8)6-13-10(15)5-12-11(13)16/h4,7,14H,3,5-6H2,(H,12,16). The van der Waals surface area contributed by atoms with Gasteiger partial charge < -0.3 is 10.4 Å². The van der Waals surface area contributed by atoms with Crippen molar-refractivity contribution in [3.8, 4) is 11.8 Å². The average Bonchev–Trinajstić information content (AvgIpc) is 2.88. The Kier molecular flexibility index (Phi) is 3.42. The first-order valence-electron chi connectivity index (χ1n) is 4.96. The van der Waals surface area contributed by atoms with Crippen molar-refractivity contribution in [1.82, 2.24) is 10.2 Å². The molecule has 0 radical (unpaired) electrons. The summed E-state index contributed by atoms with van der Waals surface area (Å²) in [5.41, 5.74) is 0.783. The molecule has 2 heterocycles. The Labute approximate surface area is 102 Å². The number of nitrogens with zero attached hydrogens (tertiary/aromatic N) is 1. The smallest absolute Gasteiger partial charge is 0.324 e. The number of aliphatic hydroxyl groups is 1. The second-order valence-corrected chi connectivity index (χ2v) is 4.40. The van der Waals surface area contributed by atoms with Gasteiger partial charge >= 0.3 is 6.03 Å². The molecule has 0 unspecified atom stereocenters. The van der Waals surface area contributed by atoms with E-state index in [1.54, 1.807) is 0 Å². The van der Waals surface area contributed by atoms with Gasteiger partial charge in [0.25, 0.3) is 0 Å². The van der Waals surface area contributed by atoms with Crippen molar-refractivity contribution in [2.45, 2.75) is 6.54 Å². The summed E-state index contributed by atoms with van der Waals surface area (Å²) in [6, 6.07) is 1.46. The third kappa shape index (κ3) is 2.64. The van der Waals surface area contributed by atoms with Crippen molar-refractivity contribution in [3.63, 3.8) is 0 Å². The van der Waals surface area contributed by atoms with Crippen LogP contribution in [0.4, 0.5) is 4.79 Å². The quantitative estimate of drug-likeness (QED) is 0.579. The summed E-state index contributed by atoms with van der Waals surface area (Å²) in [5, 5.41) is 12.8. The lowest BCUT2D eigenvalue weighted by Gasteiger charge is -2.09. The molecule has 2 N–H and O–H groups in total. The van der Waals surface area contributed by atoms with Gasteiger partial charge in [-0.25, -0.2) is 4.79 Å². The van der Waals surface area contributed by atoms with Gasteiger partial charge in [-0.1, -0.05) is 11.8 Å². The first kappa shape index (κ1) is 11.6. The average molecular weight is 250 g/mol. The number of carbonyl (C=O) groups excluding carboxylic acids is 2. The van der Waals surface area contributed by atoms with Crippen LogP contribution >= 0.6 is 11.3 Å². The largest absolute Gasteiger partial charge is 0.384 e. The van der Waals surface area contributed by atoms with E-state index in [9.17, 15) is 9.59 Å². The number of amides is 3. The lowest BCUT2D eigenvalue weighted by molar-refractivity contribution is -0.125. The monoisotopic (exact) mass is 250 g/mol. The minimum absolute atomic E-state index is 0.0708. The van der Waals surface area contributed by atoms with Gasteiger partial charge in [-0.05, 0) is 6.07 Å². The van der Waals surface area contributed by atoms with E-state index in [0.29, 0.717) is 0 Å². The lowest BCUT2D eigenvalue weighted by atomic mass is 10.3. The molecule has 17 heavy (non-hydrogen) atoms. The van der Waals surface area contributed by atoms with E-state index in [4.69, 9.17) is 5.11 Å². The number of aliphatic hydroxyl groups excluding tert-OH is 1. The van der Waals surface area contributed by atoms with Gasteiger partial charge in [0.15, 0.2) is 0 Å². The molecule has 0 spiro atoms. The molecule has 0 bridgehead atoms. The fourth-order valence-electron chi connectivity index (χ4n) is 1.44. The summed E-state index contributed by atoms with van der Waals surface area (Å²) >= 11 is 1.43. The number of urea groups is 1. The summed E-state index contributed by atoms with van der Waals surface area (Å²) in [4.78, 5) is 24.7. The predicted molar refractivity (Wildman–Crippen MR) is 62.2 cm³/mol. The fourth-order valence-corrected chi connectivity index (χ4v) is 2.25. The Morgan fingerprint density at radius 2 is 2.35 bits per heavy atom. The Bertz CT molecular complexity index is 496. The van der Waals surface area contributed by atoms with Crippen molar-refractivity contribution in [1.29, 1.82) is 0 Å². The Hall–Kier alpha value is -1.84. The van der Waals surface area contributed by atoms with Crippen LogP contribution < -0.4 is 5.32 Å². The molecule has 1 fully saturated rings. The molecule has 0 aromatic carbocycles. The molecule has 2 rings (SSSR count). The zero-order valence-electron chi connectivity index (χ0n) is 8.90. The molecule has 3 amide bonds. The highest BCUT2D eigenvalue weighted by molar-refractivity contribution is 7.10. The summed E-state index contributed by atoms with van der Waals surface area (Å²) in [7, 11) is 0. The fraction of sp³-hybridized carbons (Fsp3) is 0.273. The van der Waals surface area contributed by atoms with Crippen LogP contribution in [0.15, 0.2) is 11.4 Å². The van der Waals surface area contributed by atoms with Gasteiger partial charge in [0, 0.05) is 15.8 Å². The van der Waals surface area contributed by atoms with E-state index in [1.807, 2.05) is 11.4 Å². The third-order valence-corrected chi connectivity index (χ3v) is 3.14. The molecule has 1 aromatic rings. The van der Waals surface area contributed by atoms with Gasteiger partial charge in [-0.3, -0.25) is 9.69 Å². The maximum Gasteiger partial charge on any atom is 0.324 e. The highest BCUT2D eigenvalue weighted by Crippen LogP contribution is 2.17. The number of nitrogens with one attached hydrogen (secondary N) is 1. The van der Waals surface area contributed by atoms with Gasteiger partial charge in [0.2, 0.25) is 5.91 Å². The number of hydrogen-bond acceptors (Lipinski definition) is 4. The first-order valence-corrected chi connectivity index (χ1v) is 5.84. The van der Waals surface area contributed by atoms with E-state index < -0.39 is 0 Å². The van der Waals surface area contributed by atoms with E-state index in [-0.39, 0.29) is 31.6 Å². The molecule has 0 atom stereocenters. The molecule has 1 aliphatic heterocycles. The number of imide groups is 1. The van der Waals surface area contributed by atoms with Crippen LogP contribution in [-0.2, 0) is 11.3 Å². The van der Waals surface area contributed by atoms with Crippen LogP contribution in [-0.4, -0.2) is 35.1 Å². The molecule has 1 saturated heterocycles. The maximum atomic E-state index is 11.4. The van der Waals surface area contributed by atoms with Gasteiger partial charge in [-0.15, -0.1) is 11.3 Å². The van der Waals surface area contributed by atoms with E-state index in [1.165, 1.54) is 16.2 Å². The molecule has 0 aliphatic carbocycles. The second-order valence-electron chi connectivity index (χ2n) is 3.40. The molecule has 1 aromatic heterocycles. The van der Waals surface area contributed by atoms with Gasteiger partial charge in [0.1, 0.15) is 6.61 Å². The first-order chi connectivity index (χ1) is 8.20. The van der Waals surface area contributed by atoms with Crippen LogP contribution in [0.3, 0.4) is 0 Å². The molecule has 1 aliphatic rings. The van der Waals surface area contributed by atoms with Crippen molar-refractivity contribution in [2.75, 3.05) is 13.2 Å². The van der Waals surface area contributed by atoms with Crippen LogP contribution in [0.5, 0.6) is 0 Å². The molecule has 0 saturated carbocycles. The van der Waals surface area contributed by atoms with E-state index in [2.05, 4.69) is 17.2 Å². The summed E-state index contributed by atoms with van der Waals surface area (Å²) < 4.78 is 0. The molecule has 6 heteroatoms. The Morgan fingerprint density at radius 3 is 3.00 bits per heavy atom. The van der Waals surface area contributed by atoms with Crippen LogP contribution in [0.2, 0.25) is 0 Å². The number of carbonyl (C=O) groups is 2. The summed E-state index contributed by atoms with van der Waals surface area (Å²) in [6.07, 6.45) is 0. The summed E-state index contributed by atoms with van der Waals surface area (Å²) in [6.45, 7) is 0.162. The minimum Gasteiger partial charge on any atom is -0.384 e. The van der Waals surface area contributed by atoms with Crippen molar-refractivity contribution >= 4 is 23.3 Å². The van der Waals surface area contributed by atoms with Gasteiger partial charge in [0.05, 0.1) is 13.1 Å². The normalized spacial score (nSPS) is 14.5. The highest BCUT2D eigenvalue weighted by atomic mass is 32.1. The Morgan fingerprint density at radius 1 is 1.53 bits per heavy atom. The molecular weight excluding hydrogens is 240 g/mol. The SMILES string of the molecule is O=C1CNC(=O)N1Cc1cc(C#CCO)cs1. The zero-order valence-corrected chi connectivity index (χ0v) is 9.71. The Balaban J connectivity index is 2.06. The summed E-state index contributed by atoms with van der Waals surface area (Å²) in [5.74, 6) is 5.09.